The zero-order valence-electron chi connectivity index (χ0n) is 14.4. The highest BCUT2D eigenvalue weighted by atomic mass is 32.2. The second-order valence-electron chi connectivity index (χ2n) is 5.99. The molecule has 1 atom stereocenters. The highest BCUT2D eigenvalue weighted by Gasteiger charge is 2.32. The van der Waals surface area contributed by atoms with Crippen molar-refractivity contribution >= 4 is 40.1 Å². The molecule has 1 saturated heterocycles. The van der Waals surface area contributed by atoms with E-state index in [4.69, 9.17) is 0 Å². The number of carbonyl (C=O) groups is 2. The second kappa shape index (κ2) is 7.70. The van der Waals surface area contributed by atoms with Gasteiger partial charge in [0, 0.05) is 6.42 Å². The molecule has 2 aromatic rings. The second-order valence-corrected chi connectivity index (χ2v) is 7.18. The van der Waals surface area contributed by atoms with Crippen molar-refractivity contribution in [2.75, 3.05) is 5.32 Å². The lowest BCUT2D eigenvalue weighted by atomic mass is 10.1. The number of anilines is 1. The predicted molar refractivity (Wildman–Crippen MR) is 102 cm³/mol. The van der Waals surface area contributed by atoms with Crippen LogP contribution in [0, 0.1) is 19.7 Å². The fourth-order valence-corrected chi connectivity index (χ4v) is 3.58. The number of hydrogen-bond donors (Lipinski definition) is 2. The molecule has 0 aromatic heterocycles. The third kappa shape index (κ3) is 4.11. The average molecular weight is 371 g/mol. The minimum atomic E-state index is -0.593. The summed E-state index contributed by atoms with van der Waals surface area (Å²) in [4.78, 5) is 28.8. The van der Waals surface area contributed by atoms with Gasteiger partial charge in [0.05, 0.1) is 11.4 Å². The van der Waals surface area contributed by atoms with Crippen LogP contribution in [-0.4, -0.2) is 22.2 Å². The Labute approximate surface area is 155 Å². The topological polar surface area (TPSA) is 70.6 Å². The van der Waals surface area contributed by atoms with Gasteiger partial charge in [0.2, 0.25) is 11.8 Å². The van der Waals surface area contributed by atoms with E-state index in [0.29, 0.717) is 5.17 Å². The Morgan fingerprint density at radius 2 is 1.88 bits per heavy atom. The van der Waals surface area contributed by atoms with E-state index in [1.165, 1.54) is 23.9 Å². The maximum atomic E-state index is 13.6. The lowest BCUT2D eigenvalue weighted by Gasteiger charge is -2.08. The van der Waals surface area contributed by atoms with Gasteiger partial charge in [-0.3, -0.25) is 9.59 Å². The summed E-state index contributed by atoms with van der Waals surface area (Å²) < 4.78 is 13.6. The molecule has 7 heteroatoms. The van der Waals surface area contributed by atoms with Crippen molar-refractivity contribution in [1.29, 1.82) is 0 Å². The summed E-state index contributed by atoms with van der Waals surface area (Å²) in [5, 5.41) is 5.08. The number of nitrogens with one attached hydrogen (secondary N) is 2. The van der Waals surface area contributed by atoms with Crippen LogP contribution in [0.3, 0.4) is 0 Å². The van der Waals surface area contributed by atoms with Gasteiger partial charge in [0.15, 0.2) is 5.17 Å². The molecule has 1 fully saturated rings. The monoisotopic (exact) mass is 371 g/mol. The van der Waals surface area contributed by atoms with Gasteiger partial charge >= 0.3 is 0 Å². The molecule has 0 aliphatic carbocycles. The number of aryl methyl sites for hydroxylation is 2. The normalized spacial score (nSPS) is 18.0. The van der Waals surface area contributed by atoms with Crippen LogP contribution >= 0.6 is 11.8 Å². The first-order chi connectivity index (χ1) is 12.4. The van der Waals surface area contributed by atoms with Crippen LogP contribution < -0.4 is 10.6 Å². The zero-order chi connectivity index (χ0) is 18.7. The van der Waals surface area contributed by atoms with Crippen molar-refractivity contribution in [2.45, 2.75) is 25.5 Å². The number of carbonyl (C=O) groups excluding carboxylic acids is 2. The van der Waals surface area contributed by atoms with E-state index in [2.05, 4.69) is 15.6 Å². The molecule has 2 N–H and O–H groups in total. The van der Waals surface area contributed by atoms with E-state index in [-0.39, 0.29) is 18.0 Å². The van der Waals surface area contributed by atoms with Gasteiger partial charge in [-0.1, -0.05) is 42.1 Å². The molecule has 26 heavy (non-hydrogen) atoms. The molecule has 5 nitrogen and oxygen atoms in total. The summed E-state index contributed by atoms with van der Waals surface area (Å²) in [6.45, 7) is 3.90. The Kier molecular flexibility index (Phi) is 5.37. The molecule has 1 aliphatic heterocycles. The number of thioether (sulfide) groups is 1. The number of rotatable bonds is 4. The highest BCUT2D eigenvalue weighted by molar-refractivity contribution is 8.15. The molecule has 1 aliphatic rings. The first kappa shape index (κ1) is 18.1. The fourth-order valence-electron chi connectivity index (χ4n) is 2.61. The molecule has 0 spiro atoms. The van der Waals surface area contributed by atoms with Gasteiger partial charge in [0.1, 0.15) is 11.1 Å². The summed E-state index contributed by atoms with van der Waals surface area (Å²) in [5.41, 5.74) is 2.93. The van der Waals surface area contributed by atoms with Crippen molar-refractivity contribution in [3.05, 3.63) is 59.4 Å². The lowest BCUT2D eigenvalue weighted by Crippen LogP contribution is -2.28. The van der Waals surface area contributed by atoms with Crippen molar-refractivity contribution in [2.24, 2.45) is 4.99 Å². The summed E-state index contributed by atoms with van der Waals surface area (Å²) in [5.74, 6) is -1.21. The number of aliphatic imine (C=N–C) groups is 1. The van der Waals surface area contributed by atoms with Crippen molar-refractivity contribution < 1.29 is 14.0 Å². The van der Waals surface area contributed by atoms with Crippen LogP contribution in [0.25, 0.3) is 0 Å². The number of halogens is 1. The first-order valence-electron chi connectivity index (χ1n) is 8.11. The van der Waals surface area contributed by atoms with Crippen molar-refractivity contribution in [3.8, 4) is 0 Å². The first-order valence-corrected chi connectivity index (χ1v) is 8.99. The standard InChI is InChI=1S/C19H18FN3O2S/c1-11-6-5-7-12(2)17(11)22-19-23-18(25)15(26-19)10-16(24)21-14-9-4-3-8-13(14)20/h3-9,15H,10H2,1-2H3,(H,21,24)(H,22,23,25)/t15-/m1/s1. The lowest BCUT2D eigenvalue weighted by molar-refractivity contribution is -0.122. The Morgan fingerprint density at radius 1 is 1.19 bits per heavy atom. The third-order valence-corrected chi connectivity index (χ3v) is 5.03. The molecule has 0 unspecified atom stereocenters. The van der Waals surface area contributed by atoms with Crippen LogP contribution in [0.15, 0.2) is 47.5 Å². The SMILES string of the molecule is Cc1cccc(C)c1N=C1NC(=O)[C@@H](CC(=O)Nc2ccccc2F)S1. The van der Waals surface area contributed by atoms with E-state index in [1.54, 1.807) is 12.1 Å². The van der Waals surface area contributed by atoms with Gasteiger partial charge in [-0.2, -0.15) is 0 Å². The molecule has 0 radical (unpaired) electrons. The smallest absolute Gasteiger partial charge is 0.240 e. The number of amides is 2. The minimum Gasteiger partial charge on any atom is -0.324 e. The molecule has 1 heterocycles. The number of nitrogens with zero attached hydrogens (tertiary/aromatic N) is 1. The molecule has 2 amide bonds. The van der Waals surface area contributed by atoms with E-state index in [1.807, 2.05) is 32.0 Å². The van der Waals surface area contributed by atoms with Crippen molar-refractivity contribution in [3.63, 3.8) is 0 Å². The molecule has 0 bridgehead atoms. The number of para-hydroxylation sites is 2. The molecule has 3 rings (SSSR count). The van der Waals surface area contributed by atoms with Crippen LogP contribution in [0.2, 0.25) is 0 Å². The number of hydrogen-bond acceptors (Lipinski definition) is 4. The quantitative estimate of drug-likeness (QED) is 0.861. The maximum Gasteiger partial charge on any atom is 0.240 e. The summed E-state index contributed by atoms with van der Waals surface area (Å²) in [6.07, 6.45) is -0.0589. The third-order valence-electron chi connectivity index (χ3n) is 3.95. The number of benzene rings is 2. The van der Waals surface area contributed by atoms with E-state index in [0.717, 1.165) is 16.8 Å². The molecule has 0 saturated carbocycles. The predicted octanol–water partition coefficient (Wildman–Crippen LogP) is 3.69. The summed E-state index contributed by atoms with van der Waals surface area (Å²) in [6, 6.07) is 11.8. The van der Waals surface area contributed by atoms with Gasteiger partial charge in [-0.25, -0.2) is 9.38 Å². The number of amidine groups is 1. The molecule has 2 aromatic carbocycles. The summed E-state index contributed by atoms with van der Waals surface area (Å²) >= 11 is 1.21. The Balaban J connectivity index is 1.67. The largest absolute Gasteiger partial charge is 0.324 e. The van der Waals surface area contributed by atoms with Gasteiger partial charge < -0.3 is 10.6 Å². The Bertz CT molecular complexity index is 878. The van der Waals surface area contributed by atoms with E-state index >= 15 is 0 Å². The summed E-state index contributed by atoms with van der Waals surface area (Å²) in [7, 11) is 0. The van der Waals surface area contributed by atoms with Gasteiger partial charge in [-0.15, -0.1) is 0 Å². The Morgan fingerprint density at radius 3 is 2.58 bits per heavy atom. The van der Waals surface area contributed by atoms with Gasteiger partial charge in [0.25, 0.3) is 0 Å². The van der Waals surface area contributed by atoms with E-state index in [9.17, 15) is 14.0 Å². The van der Waals surface area contributed by atoms with Crippen molar-refractivity contribution in [1.82, 2.24) is 5.32 Å². The molecule has 134 valence electrons. The zero-order valence-corrected chi connectivity index (χ0v) is 15.2. The minimum absolute atomic E-state index is 0.0589. The van der Waals surface area contributed by atoms with E-state index < -0.39 is 17.0 Å². The van der Waals surface area contributed by atoms with Gasteiger partial charge in [-0.05, 0) is 37.1 Å². The Hall–Kier alpha value is -2.67. The average Bonchev–Trinajstić information content (AvgIpc) is 2.93. The maximum absolute atomic E-state index is 13.6. The van der Waals surface area contributed by atoms with Crippen LogP contribution in [-0.2, 0) is 9.59 Å². The van der Waals surface area contributed by atoms with Crippen LogP contribution in [0.5, 0.6) is 0 Å². The molecular weight excluding hydrogens is 353 g/mol. The van der Waals surface area contributed by atoms with Crippen LogP contribution in [0.4, 0.5) is 15.8 Å². The fraction of sp³-hybridized carbons (Fsp3) is 0.211. The van der Waals surface area contributed by atoms with Crippen LogP contribution in [0.1, 0.15) is 17.5 Å². The highest BCUT2D eigenvalue weighted by Crippen LogP contribution is 2.29. The molecular formula is C19H18FN3O2S.